The van der Waals surface area contributed by atoms with Crippen LogP contribution in [0.4, 0.5) is 0 Å². The van der Waals surface area contributed by atoms with Gasteiger partial charge in [-0.3, -0.25) is 4.79 Å². The highest BCUT2D eigenvalue weighted by Crippen LogP contribution is 2.36. The fourth-order valence-corrected chi connectivity index (χ4v) is 1.83. The smallest absolute Gasteiger partial charge is 0.180 e. The van der Waals surface area contributed by atoms with Crippen LogP contribution in [0.2, 0.25) is 0 Å². The van der Waals surface area contributed by atoms with E-state index in [2.05, 4.69) is 0 Å². The van der Waals surface area contributed by atoms with E-state index in [0.29, 0.717) is 17.1 Å². The topological polar surface area (TPSA) is 61.5 Å². The maximum atomic E-state index is 11.7. The first-order valence-corrected chi connectivity index (χ1v) is 5.02. The van der Waals surface area contributed by atoms with Crippen LogP contribution in [0.15, 0.2) is 6.07 Å². The van der Waals surface area contributed by atoms with Gasteiger partial charge in [0, 0.05) is 0 Å². The summed E-state index contributed by atoms with van der Waals surface area (Å²) in [5.41, 5.74) is 7.68. The summed E-state index contributed by atoms with van der Waals surface area (Å²) in [6.45, 7) is 3.73. The lowest BCUT2D eigenvalue weighted by molar-refractivity contribution is 0.0997. The molecule has 88 valence electrons. The molecule has 0 amide bonds. The maximum absolute atomic E-state index is 11.7. The van der Waals surface area contributed by atoms with E-state index in [-0.39, 0.29) is 12.3 Å². The van der Waals surface area contributed by atoms with E-state index in [4.69, 9.17) is 15.2 Å². The van der Waals surface area contributed by atoms with Crippen LogP contribution in [0.3, 0.4) is 0 Å². The Morgan fingerprint density at radius 2 is 1.75 bits per heavy atom. The van der Waals surface area contributed by atoms with Gasteiger partial charge in [0.1, 0.15) is 0 Å². The Hall–Kier alpha value is -1.55. The van der Waals surface area contributed by atoms with Gasteiger partial charge in [0.15, 0.2) is 17.3 Å². The molecule has 0 aliphatic carbocycles. The third kappa shape index (κ3) is 2.02. The van der Waals surface area contributed by atoms with Crippen molar-refractivity contribution in [3.8, 4) is 11.5 Å². The van der Waals surface area contributed by atoms with Gasteiger partial charge in [0.25, 0.3) is 0 Å². The van der Waals surface area contributed by atoms with Gasteiger partial charge in [-0.2, -0.15) is 0 Å². The van der Waals surface area contributed by atoms with Gasteiger partial charge in [0.05, 0.1) is 26.3 Å². The maximum Gasteiger partial charge on any atom is 0.180 e. The van der Waals surface area contributed by atoms with E-state index in [9.17, 15) is 4.79 Å². The summed E-state index contributed by atoms with van der Waals surface area (Å²) in [5.74, 6) is 0.910. The Morgan fingerprint density at radius 3 is 2.19 bits per heavy atom. The largest absolute Gasteiger partial charge is 0.493 e. The molecule has 4 nitrogen and oxygen atoms in total. The van der Waals surface area contributed by atoms with Crippen molar-refractivity contribution < 1.29 is 14.3 Å². The van der Waals surface area contributed by atoms with E-state index in [0.717, 1.165) is 11.1 Å². The highest BCUT2D eigenvalue weighted by molar-refractivity contribution is 6.02. The molecule has 0 aromatic heterocycles. The van der Waals surface area contributed by atoms with Crippen LogP contribution >= 0.6 is 0 Å². The second kappa shape index (κ2) is 4.99. The number of methoxy groups -OCH3 is 2. The van der Waals surface area contributed by atoms with Crippen molar-refractivity contribution in [3.05, 3.63) is 22.8 Å². The Labute approximate surface area is 95.3 Å². The Bertz CT molecular complexity index is 413. The number of carbonyl (C=O) groups is 1. The molecule has 1 rings (SSSR count). The molecule has 0 aliphatic rings. The van der Waals surface area contributed by atoms with Crippen LogP contribution in [-0.2, 0) is 0 Å². The molecule has 0 bridgehead atoms. The predicted molar refractivity (Wildman–Crippen MR) is 62.4 cm³/mol. The van der Waals surface area contributed by atoms with Gasteiger partial charge in [-0.05, 0) is 25.0 Å². The summed E-state index contributed by atoms with van der Waals surface area (Å²) in [5, 5.41) is 0. The molecular formula is C12H17NO3. The minimum atomic E-state index is -0.146. The van der Waals surface area contributed by atoms with Gasteiger partial charge in [-0.15, -0.1) is 0 Å². The number of ketones is 1. The molecule has 0 spiro atoms. The van der Waals surface area contributed by atoms with E-state index in [1.165, 1.54) is 7.11 Å². The van der Waals surface area contributed by atoms with Gasteiger partial charge in [-0.1, -0.05) is 6.07 Å². The molecule has 1 aromatic rings. The lowest BCUT2D eigenvalue weighted by Gasteiger charge is -2.16. The second-order valence-corrected chi connectivity index (χ2v) is 3.58. The predicted octanol–water partition coefficient (Wildman–Crippen LogP) is 1.46. The van der Waals surface area contributed by atoms with Crippen LogP contribution in [-0.4, -0.2) is 26.5 Å². The first kappa shape index (κ1) is 12.5. The van der Waals surface area contributed by atoms with Crippen molar-refractivity contribution in [2.75, 3.05) is 20.8 Å². The zero-order chi connectivity index (χ0) is 12.3. The zero-order valence-corrected chi connectivity index (χ0v) is 10.1. The monoisotopic (exact) mass is 223 g/mol. The Balaban J connectivity index is 3.52. The number of benzene rings is 1. The van der Waals surface area contributed by atoms with Crippen LogP contribution < -0.4 is 15.2 Å². The van der Waals surface area contributed by atoms with Crippen LogP contribution in [0.25, 0.3) is 0 Å². The van der Waals surface area contributed by atoms with Crippen LogP contribution in [0, 0.1) is 13.8 Å². The molecule has 0 radical (unpaired) electrons. The number of nitrogens with two attached hydrogens (primary N) is 1. The SMILES string of the molecule is COc1c(C)cc(C)c(C(=O)CN)c1OC. The lowest BCUT2D eigenvalue weighted by atomic mass is 9.99. The molecule has 0 aliphatic heterocycles. The summed E-state index contributed by atoms with van der Waals surface area (Å²) in [4.78, 5) is 11.7. The summed E-state index contributed by atoms with van der Waals surface area (Å²) in [6, 6.07) is 1.89. The number of rotatable bonds is 4. The molecule has 0 saturated heterocycles. The standard InChI is InChI=1S/C12H17NO3/c1-7-5-8(2)11(15-3)12(16-4)10(7)9(14)6-13/h5H,6,13H2,1-4H3. The Morgan fingerprint density at radius 1 is 1.19 bits per heavy atom. The third-order valence-electron chi connectivity index (χ3n) is 2.49. The molecule has 0 atom stereocenters. The van der Waals surface area contributed by atoms with E-state index in [1.807, 2.05) is 19.9 Å². The van der Waals surface area contributed by atoms with Crippen molar-refractivity contribution in [2.24, 2.45) is 5.73 Å². The van der Waals surface area contributed by atoms with Gasteiger partial charge in [0.2, 0.25) is 0 Å². The second-order valence-electron chi connectivity index (χ2n) is 3.58. The minimum absolute atomic E-state index is 0.0383. The molecular weight excluding hydrogens is 206 g/mol. The minimum Gasteiger partial charge on any atom is -0.493 e. The third-order valence-corrected chi connectivity index (χ3v) is 2.49. The number of aryl methyl sites for hydroxylation is 2. The van der Waals surface area contributed by atoms with Crippen molar-refractivity contribution in [1.82, 2.24) is 0 Å². The highest BCUT2D eigenvalue weighted by atomic mass is 16.5. The molecule has 16 heavy (non-hydrogen) atoms. The summed E-state index contributed by atoms with van der Waals surface area (Å²) in [7, 11) is 3.07. The number of carbonyl (C=O) groups excluding carboxylic acids is 1. The average molecular weight is 223 g/mol. The number of Topliss-reactive ketones (excluding diaryl/α,β-unsaturated/α-hetero) is 1. The highest BCUT2D eigenvalue weighted by Gasteiger charge is 2.20. The molecule has 4 heteroatoms. The molecule has 0 saturated carbocycles. The van der Waals surface area contributed by atoms with Gasteiger partial charge < -0.3 is 15.2 Å². The van der Waals surface area contributed by atoms with Crippen molar-refractivity contribution in [1.29, 1.82) is 0 Å². The van der Waals surface area contributed by atoms with E-state index >= 15 is 0 Å². The number of ether oxygens (including phenoxy) is 2. The average Bonchev–Trinajstić information content (AvgIpc) is 2.27. The molecule has 0 unspecified atom stereocenters. The van der Waals surface area contributed by atoms with Gasteiger partial charge in [-0.25, -0.2) is 0 Å². The van der Waals surface area contributed by atoms with E-state index in [1.54, 1.807) is 7.11 Å². The van der Waals surface area contributed by atoms with Crippen LogP contribution in [0.1, 0.15) is 21.5 Å². The van der Waals surface area contributed by atoms with Crippen LogP contribution in [0.5, 0.6) is 11.5 Å². The molecule has 0 heterocycles. The first-order chi connectivity index (χ1) is 7.56. The van der Waals surface area contributed by atoms with Crippen molar-refractivity contribution in [2.45, 2.75) is 13.8 Å². The quantitative estimate of drug-likeness (QED) is 0.785. The number of hydrogen-bond donors (Lipinski definition) is 1. The van der Waals surface area contributed by atoms with Crippen molar-refractivity contribution in [3.63, 3.8) is 0 Å². The zero-order valence-electron chi connectivity index (χ0n) is 10.1. The summed E-state index contributed by atoms with van der Waals surface area (Å²) < 4.78 is 10.5. The molecule has 0 fully saturated rings. The fourth-order valence-electron chi connectivity index (χ4n) is 1.83. The Kier molecular flexibility index (Phi) is 3.90. The summed E-state index contributed by atoms with van der Waals surface area (Å²) >= 11 is 0. The summed E-state index contributed by atoms with van der Waals surface area (Å²) in [6.07, 6.45) is 0. The lowest BCUT2D eigenvalue weighted by Crippen LogP contribution is -2.16. The first-order valence-electron chi connectivity index (χ1n) is 5.02. The van der Waals surface area contributed by atoms with Crippen molar-refractivity contribution >= 4 is 5.78 Å². The van der Waals surface area contributed by atoms with Gasteiger partial charge >= 0.3 is 0 Å². The fraction of sp³-hybridized carbons (Fsp3) is 0.417. The molecule has 2 N–H and O–H groups in total. The molecule has 1 aromatic carbocycles. The van der Waals surface area contributed by atoms with E-state index < -0.39 is 0 Å². The number of hydrogen-bond acceptors (Lipinski definition) is 4. The normalized spacial score (nSPS) is 10.1.